The van der Waals surface area contributed by atoms with Gasteiger partial charge in [0.05, 0.1) is 0 Å². The predicted molar refractivity (Wildman–Crippen MR) is 71.3 cm³/mol. The minimum absolute atomic E-state index is 0.151. The smallest absolute Gasteiger partial charge is 0.127 e. The van der Waals surface area contributed by atoms with Crippen LogP contribution in [0.2, 0.25) is 5.02 Å². The van der Waals surface area contributed by atoms with E-state index in [-0.39, 0.29) is 10.8 Å². The molecule has 0 aliphatic heterocycles. The van der Waals surface area contributed by atoms with Crippen molar-refractivity contribution in [3.8, 4) is 0 Å². The van der Waals surface area contributed by atoms with Crippen molar-refractivity contribution >= 4 is 11.6 Å². The summed E-state index contributed by atoms with van der Waals surface area (Å²) < 4.78 is 26.5. The van der Waals surface area contributed by atoms with Crippen LogP contribution in [0.15, 0.2) is 30.3 Å². The van der Waals surface area contributed by atoms with Gasteiger partial charge in [0.1, 0.15) is 17.7 Å². The maximum absolute atomic E-state index is 13.3. The maximum atomic E-state index is 13.3. The summed E-state index contributed by atoms with van der Waals surface area (Å²) in [6.45, 7) is 3.21. The highest BCUT2D eigenvalue weighted by atomic mass is 35.5. The molecule has 1 unspecified atom stereocenters. The Morgan fingerprint density at radius 2 is 1.63 bits per heavy atom. The molecule has 0 saturated heterocycles. The van der Waals surface area contributed by atoms with Crippen LogP contribution in [0.4, 0.5) is 8.78 Å². The standard InChI is InChI=1S/C15H13ClF2O/c1-8-5-10(3-4-13(8)17)15(19)11-6-9(2)14(18)7-12(11)16/h3-7,15,19H,1-2H3. The normalized spacial score (nSPS) is 12.5. The van der Waals surface area contributed by atoms with Gasteiger partial charge in [-0.15, -0.1) is 0 Å². The third-order valence-corrected chi connectivity index (χ3v) is 3.40. The molecule has 1 N–H and O–H groups in total. The first-order valence-corrected chi connectivity index (χ1v) is 6.17. The van der Waals surface area contributed by atoms with Crippen molar-refractivity contribution in [2.75, 3.05) is 0 Å². The van der Waals surface area contributed by atoms with Crippen molar-refractivity contribution < 1.29 is 13.9 Å². The van der Waals surface area contributed by atoms with E-state index in [1.54, 1.807) is 19.9 Å². The van der Waals surface area contributed by atoms with Gasteiger partial charge in [0.2, 0.25) is 0 Å². The SMILES string of the molecule is Cc1cc(C(O)c2cc(C)c(F)cc2Cl)ccc1F. The topological polar surface area (TPSA) is 20.2 Å². The van der Waals surface area contributed by atoms with Crippen LogP contribution in [0.3, 0.4) is 0 Å². The van der Waals surface area contributed by atoms with Gasteiger partial charge in [0.15, 0.2) is 0 Å². The fourth-order valence-corrected chi connectivity index (χ4v) is 2.16. The molecule has 2 rings (SSSR count). The number of aliphatic hydroxyl groups is 1. The molecule has 1 atom stereocenters. The van der Waals surface area contributed by atoms with Crippen molar-refractivity contribution in [3.63, 3.8) is 0 Å². The lowest BCUT2D eigenvalue weighted by molar-refractivity contribution is 0.220. The second kappa shape index (κ2) is 5.27. The number of benzene rings is 2. The zero-order valence-electron chi connectivity index (χ0n) is 10.5. The summed E-state index contributed by atoms with van der Waals surface area (Å²) in [7, 11) is 0. The second-order valence-electron chi connectivity index (χ2n) is 4.53. The van der Waals surface area contributed by atoms with Crippen molar-refractivity contribution in [1.29, 1.82) is 0 Å². The minimum atomic E-state index is -1.01. The van der Waals surface area contributed by atoms with E-state index in [0.29, 0.717) is 22.3 Å². The van der Waals surface area contributed by atoms with Crippen LogP contribution >= 0.6 is 11.6 Å². The molecular formula is C15H13ClF2O. The fraction of sp³-hybridized carbons (Fsp3) is 0.200. The Hall–Kier alpha value is -1.45. The van der Waals surface area contributed by atoms with Gasteiger partial charge in [-0.2, -0.15) is 0 Å². The Balaban J connectivity index is 2.46. The Morgan fingerprint density at radius 1 is 1.00 bits per heavy atom. The van der Waals surface area contributed by atoms with Crippen LogP contribution in [0.25, 0.3) is 0 Å². The van der Waals surface area contributed by atoms with Crippen LogP contribution in [0.1, 0.15) is 28.4 Å². The summed E-state index contributed by atoms with van der Waals surface area (Å²) in [5.74, 6) is -0.756. The molecule has 0 saturated carbocycles. The Labute approximate surface area is 115 Å². The van der Waals surface area contributed by atoms with E-state index in [1.807, 2.05) is 0 Å². The molecule has 0 spiro atoms. The van der Waals surface area contributed by atoms with Crippen LogP contribution in [0, 0.1) is 25.5 Å². The number of aliphatic hydroxyl groups excluding tert-OH is 1. The van der Waals surface area contributed by atoms with Crippen molar-refractivity contribution in [1.82, 2.24) is 0 Å². The van der Waals surface area contributed by atoms with Crippen LogP contribution in [-0.2, 0) is 0 Å². The zero-order chi connectivity index (χ0) is 14.2. The van der Waals surface area contributed by atoms with Crippen molar-refractivity contribution in [2.45, 2.75) is 20.0 Å². The molecule has 0 heterocycles. The molecule has 0 bridgehead atoms. The first-order chi connectivity index (χ1) is 8.90. The molecule has 2 aromatic rings. The molecule has 0 radical (unpaired) electrons. The quantitative estimate of drug-likeness (QED) is 0.870. The number of hydrogen-bond donors (Lipinski definition) is 1. The van der Waals surface area contributed by atoms with E-state index < -0.39 is 11.9 Å². The van der Waals surface area contributed by atoms with Gasteiger partial charge < -0.3 is 5.11 Å². The van der Waals surface area contributed by atoms with Gasteiger partial charge in [0.25, 0.3) is 0 Å². The van der Waals surface area contributed by atoms with Gasteiger partial charge in [-0.25, -0.2) is 8.78 Å². The molecule has 0 fully saturated rings. The largest absolute Gasteiger partial charge is 0.384 e. The molecule has 19 heavy (non-hydrogen) atoms. The van der Waals surface area contributed by atoms with Crippen molar-refractivity contribution in [2.24, 2.45) is 0 Å². The summed E-state index contributed by atoms with van der Waals surface area (Å²) in [6.07, 6.45) is -1.01. The highest BCUT2D eigenvalue weighted by Gasteiger charge is 2.16. The number of aryl methyl sites for hydroxylation is 2. The lowest BCUT2D eigenvalue weighted by Crippen LogP contribution is -2.03. The van der Waals surface area contributed by atoms with E-state index >= 15 is 0 Å². The lowest BCUT2D eigenvalue weighted by atomic mass is 9.98. The van der Waals surface area contributed by atoms with E-state index in [1.165, 1.54) is 24.3 Å². The van der Waals surface area contributed by atoms with Crippen LogP contribution in [-0.4, -0.2) is 5.11 Å². The van der Waals surface area contributed by atoms with Crippen molar-refractivity contribution in [3.05, 3.63) is 69.2 Å². The molecule has 0 aromatic heterocycles. The molecule has 100 valence electrons. The van der Waals surface area contributed by atoms with Crippen LogP contribution < -0.4 is 0 Å². The maximum Gasteiger partial charge on any atom is 0.127 e. The van der Waals surface area contributed by atoms with Gasteiger partial charge in [-0.3, -0.25) is 0 Å². The minimum Gasteiger partial charge on any atom is -0.384 e. The third kappa shape index (κ3) is 2.77. The monoisotopic (exact) mass is 282 g/mol. The number of rotatable bonds is 2. The van der Waals surface area contributed by atoms with E-state index in [4.69, 9.17) is 11.6 Å². The third-order valence-electron chi connectivity index (χ3n) is 3.07. The Bertz CT molecular complexity index is 626. The molecule has 0 aliphatic carbocycles. The summed E-state index contributed by atoms with van der Waals surface area (Å²) in [5.41, 5.74) is 1.77. The molecule has 4 heteroatoms. The molecule has 0 aliphatic rings. The zero-order valence-corrected chi connectivity index (χ0v) is 11.3. The highest BCUT2D eigenvalue weighted by Crippen LogP contribution is 2.31. The first kappa shape index (κ1) is 14.0. The van der Waals surface area contributed by atoms with Gasteiger partial charge in [0, 0.05) is 10.6 Å². The van der Waals surface area contributed by atoms with E-state index in [2.05, 4.69) is 0 Å². The lowest BCUT2D eigenvalue weighted by Gasteiger charge is -2.15. The molecule has 0 amide bonds. The summed E-state index contributed by atoms with van der Waals surface area (Å²) in [4.78, 5) is 0. The van der Waals surface area contributed by atoms with Gasteiger partial charge >= 0.3 is 0 Å². The number of hydrogen-bond acceptors (Lipinski definition) is 1. The van der Waals surface area contributed by atoms with E-state index in [0.717, 1.165) is 0 Å². The van der Waals surface area contributed by atoms with Gasteiger partial charge in [-0.1, -0.05) is 23.7 Å². The molecule has 2 aromatic carbocycles. The Morgan fingerprint density at radius 3 is 2.26 bits per heavy atom. The molecular weight excluding hydrogens is 270 g/mol. The predicted octanol–water partition coefficient (Wildman–Crippen LogP) is 4.32. The first-order valence-electron chi connectivity index (χ1n) is 5.80. The van der Waals surface area contributed by atoms with Gasteiger partial charge in [-0.05, 0) is 48.7 Å². The van der Waals surface area contributed by atoms with Crippen LogP contribution in [0.5, 0.6) is 0 Å². The summed E-state index contributed by atoms with van der Waals surface area (Å²) in [5, 5.41) is 10.4. The number of halogens is 3. The summed E-state index contributed by atoms with van der Waals surface area (Å²) >= 11 is 5.94. The average Bonchev–Trinajstić information content (AvgIpc) is 2.36. The van der Waals surface area contributed by atoms with E-state index in [9.17, 15) is 13.9 Å². The fourth-order valence-electron chi connectivity index (χ4n) is 1.91. The summed E-state index contributed by atoms with van der Waals surface area (Å²) in [6, 6.07) is 7.00. The molecule has 1 nitrogen and oxygen atoms in total. The average molecular weight is 283 g/mol. The Kier molecular flexibility index (Phi) is 3.88. The second-order valence-corrected chi connectivity index (χ2v) is 4.94. The highest BCUT2D eigenvalue weighted by molar-refractivity contribution is 6.31.